The Morgan fingerprint density at radius 3 is 2.47 bits per heavy atom. The van der Waals surface area contributed by atoms with Crippen molar-refractivity contribution >= 4 is 11.6 Å². The van der Waals surface area contributed by atoms with Crippen LogP contribution in [-0.4, -0.2) is 5.91 Å². The lowest BCUT2D eigenvalue weighted by Gasteiger charge is -2.07. The van der Waals surface area contributed by atoms with Gasteiger partial charge in [-0.1, -0.05) is 24.8 Å². The summed E-state index contributed by atoms with van der Waals surface area (Å²) in [6, 6.07) is 7.00. The largest absolute Gasteiger partial charge is 0.366 e. The number of carbonyl (C=O) groups excluding carboxylic acids is 1. The quantitative estimate of drug-likeness (QED) is 0.761. The summed E-state index contributed by atoms with van der Waals surface area (Å²) in [7, 11) is 0. The molecule has 1 aromatic carbocycles. The van der Waals surface area contributed by atoms with Crippen molar-refractivity contribution < 1.29 is 4.79 Å². The van der Waals surface area contributed by atoms with Crippen molar-refractivity contribution in [2.45, 2.75) is 6.92 Å². The summed E-state index contributed by atoms with van der Waals surface area (Å²) in [5, 5.41) is 3.20. The van der Waals surface area contributed by atoms with Crippen LogP contribution >= 0.6 is 0 Å². The van der Waals surface area contributed by atoms with Gasteiger partial charge in [-0.15, -0.1) is 0 Å². The lowest BCUT2D eigenvalue weighted by molar-refractivity contribution is 0.100. The number of benzene rings is 1. The molecule has 3 N–H and O–H groups in total. The fourth-order valence-corrected chi connectivity index (χ4v) is 1.27. The van der Waals surface area contributed by atoms with Crippen LogP contribution in [0.25, 0.3) is 0 Å². The van der Waals surface area contributed by atoms with E-state index in [9.17, 15) is 4.79 Å². The van der Waals surface area contributed by atoms with Crippen LogP contribution in [0, 0.1) is 0 Å². The summed E-state index contributed by atoms with van der Waals surface area (Å²) in [6.45, 7) is 5.55. The van der Waals surface area contributed by atoms with E-state index in [1.807, 2.05) is 37.3 Å². The Kier molecular flexibility index (Phi) is 4.76. The second kappa shape index (κ2) is 6.33. The molecule has 0 aromatic heterocycles. The summed E-state index contributed by atoms with van der Waals surface area (Å²) in [4.78, 5) is 10.9. The summed E-state index contributed by atoms with van der Waals surface area (Å²) in [5.41, 5.74) is 7.52. The molecule has 88 valence electrons. The average molecular weight is 228 g/mol. The van der Waals surface area contributed by atoms with Crippen molar-refractivity contribution in [2.75, 3.05) is 5.32 Å². The number of hydrogen-bond donors (Lipinski definition) is 2. The van der Waals surface area contributed by atoms with Crippen LogP contribution in [0.5, 0.6) is 0 Å². The summed E-state index contributed by atoms with van der Waals surface area (Å²) in [5.74, 6) is -0.422. The second-order valence-electron chi connectivity index (χ2n) is 3.41. The molecule has 3 nitrogen and oxygen atoms in total. The standard InChI is InChI=1S/C14H16N2O/c1-3-5-6-12(4-2)16-13-9-7-11(8-10-13)14(15)17/h3-10,16H,1H2,2H3,(H2,15,17)/b6-5-,12-4+. The maximum Gasteiger partial charge on any atom is 0.248 e. The van der Waals surface area contributed by atoms with Gasteiger partial charge in [0.2, 0.25) is 5.91 Å². The highest BCUT2D eigenvalue weighted by Crippen LogP contribution is 2.12. The Hall–Kier alpha value is -2.29. The SMILES string of the molecule is C=C/C=C\C(=C/C)Nc1ccc(C(N)=O)cc1. The Labute approximate surface area is 101 Å². The van der Waals surface area contributed by atoms with E-state index in [0.717, 1.165) is 11.4 Å². The van der Waals surface area contributed by atoms with Gasteiger partial charge >= 0.3 is 0 Å². The first-order valence-corrected chi connectivity index (χ1v) is 5.29. The molecule has 0 unspecified atom stereocenters. The number of rotatable bonds is 5. The number of nitrogens with one attached hydrogen (secondary N) is 1. The summed E-state index contributed by atoms with van der Waals surface area (Å²) < 4.78 is 0. The molecule has 0 spiro atoms. The normalized spacial score (nSPS) is 11.5. The van der Waals surface area contributed by atoms with Gasteiger partial charge in [-0.05, 0) is 37.3 Å². The topological polar surface area (TPSA) is 55.1 Å². The molecular formula is C14H16N2O. The molecule has 1 amide bonds. The smallest absolute Gasteiger partial charge is 0.248 e. The third kappa shape index (κ3) is 3.99. The third-order valence-corrected chi connectivity index (χ3v) is 2.18. The molecule has 3 heteroatoms. The molecule has 0 radical (unpaired) electrons. The number of carbonyl (C=O) groups is 1. The van der Waals surface area contributed by atoms with Crippen molar-refractivity contribution in [3.05, 3.63) is 66.4 Å². The average Bonchev–Trinajstić information content (AvgIpc) is 2.35. The molecule has 0 bridgehead atoms. The number of anilines is 1. The fraction of sp³-hybridized carbons (Fsp3) is 0.0714. The van der Waals surface area contributed by atoms with Crippen LogP contribution in [0.2, 0.25) is 0 Å². The molecule has 17 heavy (non-hydrogen) atoms. The predicted molar refractivity (Wildman–Crippen MR) is 71.7 cm³/mol. The molecule has 0 saturated carbocycles. The van der Waals surface area contributed by atoms with Gasteiger partial charge in [0.05, 0.1) is 0 Å². The highest BCUT2D eigenvalue weighted by Gasteiger charge is 1.99. The molecule has 0 fully saturated rings. The number of primary amides is 1. The molecule has 0 aliphatic rings. The van der Waals surface area contributed by atoms with Crippen molar-refractivity contribution in [2.24, 2.45) is 5.73 Å². The van der Waals surface area contributed by atoms with Gasteiger partial charge in [0.25, 0.3) is 0 Å². The minimum atomic E-state index is -0.422. The minimum absolute atomic E-state index is 0.422. The van der Waals surface area contributed by atoms with Crippen molar-refractivity contribution in [1.82, 2.24) is 0 Å². The fourth-order valence-electron chi connectivity index (χ4n) is 1.27. The van der Waals surface area contributed by atoms with Gasteiger partial charge in [0.1, 0.15) is 0 Å². The van der Waals surface area contributed by atoms with Gasteiger partial charge in [-0.2, -0.15) is 0 Å². The highest BCUT2D eigenvalue weighted by atomic mass is 16.1. The van der Waals surface area contributed by atoms with E-state index in [0.29, 0.717) is 5.56 Å². The molecule has 0 atom stereocenters. The molecule has 0 aliphatic carbocycles. The molecule has 0 heterocycles. The summed E-state index contributed by atoms with van der Waals surface area (Å²) >= 11 is 0. The number of hydrogen-bond acceptors (Lipinski definition) is 2. The first-order chi connectivity index (χ1) is 8.17. The van der Waals surface area contributed by atoms with Gasteiger partial charge in [0.15, 0.2) is 0 Å². The number of nitrogens with two attached hydrogens (primary N) is 1. The van der Waals surface area contributed by atoms with E-state index in [-0.39, 0.29) is 0 Å². The van der Waals surface area contributed by atoms with E-state index in [1.165, 1.54) is 0 Å². The highest BCUT2D eigenvalue weighted by molar-refractivity contribution is 5.93. The molecule has 0 saturated heterocycles. The van der Waals surface area contributed by atoms with Gasteiger partial charge in [0, 0.05) is 16.9 Å². The van der Waals surface area contributed by atoms with E-state index >= 15 is 0 Å². The van der Waals surface area contributed by atoms with E-state index in [2.05, 4.69) is 11.9 Å². The summed E-state index contributed by atoms with van der Waals surface area (Å²) in [6.07, 6.45) is 7.42. The van der Waals surface area contributed by atoms with Crippen molar-refractivity contribution in [1.29, 1.82) is 0 Å². The number of amides is 1. The second-order valence-corrected chi connectivity index (χ2v) is 3.41. The zero-order valence-corrected chi connectivity index (χ0v) is 9.81. The van der Waals surface area contributed by atoms with Crippen LogP contribution in [-0.2, 0) is 0 Å². The first-order valence-electron chi connectivity index (χ1n) is 5.29. The van der Waals surface area contributed by atoms with Gasteiger partial charge in [-0.3, -0.25) is 4.79 Å². The van der Waals surface area contributed by atoms with Crippen LogP contribution in [0.4, 0.5) is 5.69 Å². The van der Waals surface area contributed by atoms with Crippen LogP contribution in [0.1, 0.15) is 17.3 Å². The van der Waals surface area contributed by atoms with Gasteiger partial charge in [-0.25, -0.2) is 0 Å². The molecule has 0 aliphatic heterocycles. The Bertz CT molecular complexity index is 456. The van der Waals surface area contributed by atoms with Crippen LogP contribution in [0.15, 0.2) is 60.8 Å². The van der Waals surface area contributed by atoms with E-state index in [1.54, 1.807) is 18.2 Å². The van der Waals surface area contributed by atoms with Gasteiger partial charge < -0.3 is 11.1 Å². The van der Waals surface area contributed by atoms with E-state index in [4.69, 9.17) is 5.73 Å². The maximum atomic E-state index is 10.9. The third-order valence-electron chi connectivity index (χ3n) is 2.18. The van der Waals surface area contributed by atoms with Crippen LogP contribution in [0.3, 0.4) is 0 Å². The van der Waals surface area contributed by atoms with Crippen LogP contribution < -0.4 is 11.1 Å². The zero-order chi connectivity index (χ0) is 12.7. The molecular weight excluding hydrogens is 212 g/mol. The lowest BCUT2D eigenvalue weighted by Crippen LogP contribution is -2.10. The number of allylic oxidation sites excluding steroid dienone is 4. The Balaban J connectivity index is 2.77. The lowest BCUT2D eigenvalue weighted by atomic mass is 10.2. The monoisotopic (exact) mass is 228 g/mol. The Morgan fingerprint density at radius 1 is 1.35 bits per heavy atom. The molecule has 1 aromatic rings. The predicted octanol–water partition coefficient (Wildman–Crippen LogP) is 2.84. The zero-order valence-electron chi connectivity index (χ0n) is 9.81. The van der Waals surface area contributed by atoms with E-state index < -0.39 is 5.91 Å². The Morgan fingerprint density at radius 2 is 2.00 bits per heavy atom. The van der Waals surface area contributed by atoms with Crippen molar-refractivity contribution in [3.8, 4) is 0 Å². The first kappa shape index (κ1) is 12.8. The maximum absolute atomic E-state index is 10.9. The van der Waals surface area contributed by atoms with Crippen molar-refractivity contribution in [3.63, 3.8) is 0 Å². The molecule has 1 rings (SSSR count). The minimum Gasteiger partial charge on any atom is -0.366 e.